The van der Waals surface area contributed by atoms with Gasteiger partial charge >= 0.3 is 0 Å². The SMILES string of the molecule is COc1ccc2nc(N)n(C3CC3(C)C)c2c1. The predicted octanol–water partition coefficient (Wildman–Crippen LogP) is 2.60. The fourth-order valence-electron chi connectivity index (χ4n) is 2.43. The number of hydrogen-bond acceptors (Lipinski definition) is 3. The average Bonchev–Trinajstić information content (AvgIpc) is 2.77. The zero-order chi connectivity index (χ0) is 12.2. The molecule has 0 bridgehead atoms. The molecule has 1 aromatic carbocycles. The molecule has 4 nitrogen and oxygen atoms in total. The molecule has 0 aliphatic heterocycles. The number of nitrogens with zero attached hydrogens (tertiary/aromatic N) is 2. The first kappa shape index (κ1) is 10.4. The van der Waals surface area contributed by atoms with Crippen LogP contribution in [0.25, 0.3) is 11.0 Å². The monoisotopic (exact) mass is 231 g/mol. The van der Waals surface area contributed by atoms with Gasteiger partial charge in [-0.3, -0.25) is 0 Å². The molecule has 4 heteroatoms. The molecule has 1 atom stereocenters. The van der Waals surface area contributed by atoms with Crippen molar-refractivity contribution in [2.24, 2.45) is 5.41 Å². The molecule has 0 spiro atoms. The normalized spacial score (nSPS) is 21.7. The number of nitrogens with two attached hydrogens (primary N) is 1. The van der Waals surface area contributed by atoms with Crippen molar-refractivity contribution in [1.82, 2.24) is 9.55 Å². The molecule has 2 aromatic rings. The van der Waals surface area contributed by atoms with E-state index in [2.05, 4.69) is 23.4 Å². The minimum Gasteiger partial charge on any atom is -0.497 e. The zero-order valence-corrected chi connectivity index (χ0v) is 10.4. The third-order valence-electron chi connectivity index (χ3n) is 3.70. The van der Waals surface area contributed by atoms with Crippen LogP contribution < -0.4 is 10.5 Å². The highest BCUT2D eigenvalue weighted by Gasteiger charge is 2.48. The molecule has 2 N–H and O–H groups in total. The lowest BCUT2D eigenvalue weighted by Gasteiger charge is -2.09. The van der Waals surface area contributed by atoms with Crippen molar-refractivity contribution in [3.8, 4) is 5.75 Å². The van der Waals surface area contributed by atoms with Crippen LogP contribution in [0.4, 0.5) is 5.95 Å². The van der Waals surface area contributed by atoms with Gasteiger partial charge in [-0.25, -0.2) is 4.98 Å². The molecule has 0 amide bonds. The van der Waals surface area contributed by atoms with Crippen LogP contribution in [0.15, 0.2) is 18.2 Å². The Morgan fingerprint density at radius 3 is 2.76 bits per heavy atom. The Balaban J connectivity index is 2.19. The van der Waals surface area contributed by atoms with Gasteiger partial charge in [0.05, 0.1) is 18.1 Å². The molecule has 0 radical (unpaired) electrons. The van der Waals surface area contributed by atoms with Gasteiger partial charge in [0.2, 0.25) is 5.95 Å². The van der Waals surface area contributed by atoms with Crippen LogP contribution in [0, 0.1) is 5.41 Å². The summed E-state index contributed by atoms with van der Waals surface area (Å²) in [6.07, 6.45) is 1.15. The second-order valence-electron chi connectivity index (χ2n) is 5.40. The summed E-state index contributed by atoms with van der Waals surface area (Å²) < 4.78 is 7.39. The van der Waals surface area contributed by atoms with Crippen LogP contribution in [0.2, 0.25) is 0 Å². The summed E-state index contributed by atoms with van der Waals surface area (Å²) in [5.74, 6) is 1.45. The van der Waals surface area contributed by atoms with Crippen LogP contribution in [0.1, 0.15) is 26.3 Å². The highest BCUT2D eigenvalue weighted by atomic mass is 16.5. The van der Waals surface area contributed by atoms with E-state index in [1.807, 2.05) is 18.2 Å². The fraction of sp³-hybridized carbons (Fsp3) is 0.462. The minimum absolute atomic E-state index is 0.324. The summed E-state index contributed by atoms with van der Waals surface area (Å²) in [7, 11) is 1.67. The van der Waals surface area contributed by atoms with E-state index in [0.717, 1.165) is 23.2 Å². The lowest BCUT2D eigenvalue weighted by atomic mass is 10.2. The smallest absolute Gasteiger partial charge is 0.201 e. The summed E-state index contributed by atoms with van der Waals surface area (Å²) in [5, 5.41) is 0. The van der Waals surface area contributed by atoms with Crippen LogP contribution >= 0.6 is 0 Å². The van der Waals surface area contributed by atoms with E-state index in [1.165, 1.54) is 0 Å². The summed E-state index contributed by atoms with van der Waals surface area (Å²) >= 11 is 0. The van der Waals surface area contributed by atoms with Gasteiger partial charge in [0, 0.05) is 12.1 Å². The number of aromatic nitrogens is 2. The number of nitrogen functional groups attached to an aromatic ring is 1. The van der Waals surface area contributed by atoms with Crippen molar-refractivity contribution in [1.29, 1.82) is 0 Å². The first-order chi connectivity index (χ1) is 8.03. The third-order valence-corrected chi connectivity index (χ3v) is 3.70. The van der Waals surface area contributed by atoms with E-state index >= 15 is 0 Å². The third kappa shape index (κ3) is 1.47. The van der Waals surface area contributed by atoms with E-state index in [1.54, 1.807) is 7.11 Å². The molecule has 1 heterocycles. The maximum atomic E-state index is 6.02. The zero-order valence-electron chi connectivity index (χ0n) is 10.4. The van der Waals surface area contributed by atoms with E-state index in [-0.39, 0.29) is 0 Å². The largest absolute Gasteiger partial charge is 0.497 e. The van der Waals surface area contributed by atoms with Gasteiger partial charge in [-0.2, -0.15) is 0 Å². The van der Waals surface area contributed by atoms with E-state index in [4.69, 9.17) is 10.5 Å². The standard InChI is InChI=1S/C13H17N3O/c1-13(2)7-11(13)16-10-6-8(17-3)4-5-9(10)15-12(16)14/h4-6,11H,7H2,1-3H3,(H2,14,15). The average molecular weight is 231 g/mol. The van der Waals surface area contributed by atoms with E-state index in [0.29, 0.717) is 17.4 Å². The molecular weight excluding hydrogens is 214 g/mol. The van der Waals surface area contributed by atoms with Gasteiger partial charge in [0.25, 0.3) is 0 Å². The Morgan fingerprint density at radius 1 is 1.47 bits per heavy atom. The highest BCUT2D eigenvalue weighted by molar-refractivity contribution is 5.80. The topological polar surface area (TPSA) is 53.1 Å². The van der Waals surface area contributed by atoms with Crippen molar-refractivity contribution in [3.05, 3.63) is 18.2 Å². The van der Waals surface area contributed by atoms with Crippen molar-refractivity contribution in [2.45, 2.75) is 26.3 Å². The number of hydrogen-bond donors (Lipinski definition) is 1. The van der Waals surface area contributed by atoms with Crippen LogP contribution in [0.3, 0.4) is 0 Å². The molecule has 1 unspecified atom stereocenters. The Kier molecular flexibility index (Phi) is 1.94. The lowest BCUT2D eigenvalue weighted by molar-refractivity contribution is 0.415. The summed E-state index contributed by atoms with van der Waals surface area (Å²) in [5.41, 5.74) is 8.35. The molecule has 1 saturated carbocycles. The first-order valence-electron chi connectivity index (χ1n) is 5.84. The van der Waals surface area contributed by atoms with Crippen LogP contribution in [0.5, 0.6) is 5.75 Å². The quantitative estimate of drug-likeness (QED) is 0.864. The number of benzene rings is 1. The van der Waals surface area contributed by atoms with Gasteiger partial charge in [-0.15, -0.1) is 0 Å². The highest BCUT2D eigenvalue weighted by Crippen LogP contribution is 2.57. The van der Waals surface area contributed by atoms with Gasteiger partial charge in [0.15, 0.2) is 0 Å². The predicted molar refractivity (Wildman–Crippen MR) is 68.1 cm³/mol. The molecule has 0 saturated heterocycles. The fourth-order valence-corrected chi connectivity index (χ4v) is 2.43. The van der Waals surface area contributed by atoms with Gasteiger partial charge < -0.3 is 15.0 Å². The number of ether oxygens (including phenoxy) is 1. The van der Waals surface area contributed by atoms with Crippen molar-refractivity contribution < 1.29 is 4.74 Å². The molecule has 1 aliphatic rings. The van der Waals surface area contributed by atoms with Gasteiger partial charge in [0.1, 0.15) is 5.75 Å². The molecule has 3 rings (SSSR count). The number of fused-ring (bicyclic) bond motifs is 1. The number of methoxy groups -OCH3 is 1. The van der Waals surface area contributed by atoms with Crippen molar-refractivity contribution >= 4 is 17.0 Å². The molecule has 17 heavy (non-hydrogen) atoms. The molecule has 1 aromatic heterocycles. The van der Waals surface area contributed by atoms with Gasteiger partial charge in [-0.1, -0.05) is 13.8 Å². The van der Waals surface area contributed by atoms with Crippen LogP contribution in [-0.2, 0) is 0 Å². The Bertz CT molecular complexity index is 586. The second-order valence-corrected chi connectivity index (χ2v) is 5.40. The minimum atomic E-state index is 0.324. The number of imidazole rings is 1. The van der Waals surface area contributed by atoms with E-state index in [9.17, 15) is 0 Å². The van der Waals surface area contributed by atoms with Crippen molar-refractivity contribution in [2.75, 3.05) is 12.8 Å². The number of anilines is 1. The second kappa shape index (κ2) is 3.15. The Morgan fingerprint density at radius 2 is 2.18 bits per heavy atom. The van der Waals surface area contributed by atoms with Gasteiger partial charge in [-0.05, 0) is 24.0 Å². The maximum Gasteiger partial charge on any atom is 0.201 e. The lowest BCUT2D eigenvalue weighted by Crippen LogP contribution is -2.04. The number of rotatable bonds is 2. The molecule has 1 fully saturated rings. The maximum absolute atomic E-state index is 6.02. The Hall–Kier alpha value is -1.71. The summed E-state index contributed by atoms with van der Waals surface area (Å²) in [6, 6.07) is 6.33. The molecule has 1 aliphatic carbocycles. The summed E-state index contributed by atoms with van der Waals surface area (Å²) in [6.45, 7) is 4.51. The summed E-state index contributed by atoms with van der Waals surface area (Å²) in [4.78, 5) is 4.40. The van der Waals surface area contributed by atoms with Crippen molar-refractivity contribution in [3.63, 3.8) is 0 Å². The first-order valence-corrected chi connectivity index (χ1v) is 5.84. The molecule has 90 valence electrons. The Labute approximate surface area is 100 Å². The van der Waals surface area contributed by atoms with E-state index < -0.39 is 0 Å². The van der Waals surface area contributed by atoms with Crippen LogP contribution in [-0.4, -0.2) is 16.7 Å². The molecular formula is C13H17N3O.